The highest BCUT2D eigenvalue weighted by Crippen LogP contribution is 2.33. The van der Waals surface area contributed by atoms with Gasteiger partial charge in [0.2, 0.25) is 0 Å². The van der Waals surface area contributed by atoms with E-state index in [1.165, 1.54) is 30.3 Å². The molecule has 1 heterocycles. The molecule has 0 spiro atoms. The van der Waals surface area contributed by atoms with E-state index in [0.717, 1.165) is 0 Å². The Labute approximate surface area is 238 Å². The molecule has 0 aromatic heterocycles. The quantitative estimate of drug-likeness (QED) is 0.150. The monoisotopic (exact) mass is 608 g/mol. The fraction of sp³-hybridized carbons (Fsp3) is 0.200. The molecule has 1 saturated heterocycles. The van der Waals surface area contributed by atoms with Crippen LogP contribution in [-0.2, 0) is 28.5 Å². The smallest absolute Gasteiger partial charge is 0.339 e. The molecular weight excluding hydrogens is 584 g/mol. The lowest BCUT2D eigenvalue weighted by Gasteiger charge is -2.42. The van der Waals surface area contributed by atoms with Gasteiger partial charge < -0.3 is 23.7 Å². The number of carbonyl (C=O) groups excluding carboxylic acids is 4. The van der Waals surface area contributed by atoms with Crippen LogP contribution in [0.15, 0.2) is 104 Å². The fourth-order valence-corrected chi connectivity index (χ4v) is 4.54. The Balaban J connectivity index is 1.72. The molecule has 3 aromatic rings. The Morgan fingerprint density at radius 2 is 1.07 bits per heavy atom. The predicted octanol–water partition coefficient (Wildman–Crippen LogP) is 4.51. The Morgan fingerprint density at radius 3 is 1.50 bits per heavy atom. The SMILES string of the molecule is C=CCOC(=O)[C@H]1O[C@H](Br)[C@H](OC(=O)c2ccccc2)[C@@H](OC(=O)c2ccccc2)[C@H]1OC(=O)c1ccccc1. The van der Waals surface area contributed by atoms with Gasteiger partial charge in [-0.2, -0.15) is 0 Å². The van der Waals surface area contributed by atoms with Gasteiger partial charge >= 0.3 is 23.9 Å². The van der Waals surface area contributed by atoms with Gasteiger partial charge in [-0.1, -0.05) is 83.2 Å². The van der Waals surface area contributed by atoms with Crippen LogP contribution in [0.25, 0.3) is 0 Å². The zero-order valence-corrected chi connectivity index (χ0v) is 22.7. The summed E-state index contributed by atoms with van der Waals surface area (Å²) in [5, 5.41) is -1.15. The number of rotatable bonds is 9. The van der Waals surface area contributed by atoms with E-state index in [0.29, 0.717) is 0 Å². The lowest BCUT2D eigenvalue weighted by molar-refractivity contribution is -0.211. The highest BCUT2D eigenvalue weighted by atomic mass is 79.9. The van der Waals surface area contributed by atoms with E-state index in [-0.39, 0.29) is 23.3 Å². The second-order valence-corrected chi connectivity index (χ2v) is 9.44. The summed E-state index contributed by atoms with van der Waals surface area (Å²) in [6, 6.07) is 24.2. The molecule has 206 valence electrons. The van der Waals surface area contributed by atoms with Crippen molar-refractivity contribution in [2.75, 3.05) is 6.61 Å². The van der Waals surface area contributed by atoms with Crippen molar-refractivity contribution in [1.29, 1.82) is 0 Å². The number of hydrogen-bond donors (Lipinski definition) is 0. The molecule has 0 bridgehead atoms. The third kappa shape index (κ3) is 7.02. The maximum absolute atomic E-state index is 13.2. The summed E-state index contributed by atoms with van der Waals surface area (Å²) in [4.78, 5) is 52.3. The Bertz CT molecular complexity index is 1330. The third-order valence-corrected chi connectivity index (χ3v) is 6.55. The minimum atomic E-state index is -1.56. The van der Waals surface area contributed by atoms with Crippen LogP contribution in [-0.4, -0.2) is 59.9 Å². The van der Waals surface area contributed by atoms with Crippen molar-refractivity contribution in [3.8, 4) is 0 Å². The van der Waals surface area contributed by atoms with Gasteiger partial charge in [0, 0.05) is 0 Å². The van der Waals surface area contributed by atoms with Crippen molar-refractivity contribution in [3.05, 3.63) is 120 Å². The second-order valence-electron chi connectivity index (χ2n) is 8.53. The van der Waals surface area contributed by atoms with Crippen LogP contribution in [0.4, 0.5) is 0 Å². The first kappa shape index (κ1) is 28.7. The molecule has 1 fully saturated rings. The van der Waals surface area contributed by atoms with Crippen LogP contribution in [0, 0.1) is 0 Å². The van der Waals surface area contributed by atoms with Gasteiger partial charge in [-0.05, 0) is 36.4 Å². The maximum Gasteiger partial charge on any atom is 0.339 e. The molecule has 9 nitrogen and oxygen atoms in total. The van der Waals surface area contributed by atoms with Crippen LogP contribution in [0.2, 0.25) is 0 Å². The van der Waals surface area contributed by atoms with Crippen LogP contribution in [0.1, 0.15) is 31.1 Å². The van der Waals surface area contributed by atoms with E-state index in [1.807, 2.05) is 0 Å². The van der Waals surface area contributed by atoms with Crippen LogP contribution in [0.3, 0.4) is 0 Å². The topological polar surface area (TPSA) is 114 Å². The van der Waals surface area contributed by atoms with Crippen molar-refractivity contribution in [2.24, 2.45) is 0 Å². The number of ether oxygens (including phenoxy) is 5. The van der Waals surface area contributed by atoms with E-state index in [1.54, 1.807) is 66.7 Å². The second kappa shape index (κ2) is 13.7. The van der Waals surface area contributed by atoms with Crippen molar-refractivity contribution in [1.82, 2.24) is 0 Å². The molecular formula is C30H25BrO9. The van der Waals surface area contributed by atoms with E-state index in [9.17, 15) is 19.2 Å². The number of carbonyl (C=O) groups is 4. The Morgan fingerprint density at radius 1 is 0.675 bits per heavy atom. The molecule has 3 aromatic carbocycles. The standard InChI is InChI=1S/C30H25BrO9/c1-2-18-36-30(35)25-23(39-28(33)20-14-8-4-9-15-20)22(38-27(32)19-12-6-3-7-13-19)24(26(31)37-25)40-29(34)21-16-10-5-11-17-21/h2-17,22-26H,1,18H2/t22-,23+,24+,25-,26-/m0/s1. The number of alkyl halides is 1. The molecule has 10 heteroatoms. The first-order valence-electron chi connectivity index (χ1n) is 12.2. The summed E-state index contributed by atoms with van der Waals surface area (Å²) < 4.78 is 28.2. The number of esters is 4. The third-order valence-electron chi connectivity index (χ3n) is 5.81. The first-order chi connectivity index (χ1) is 19.4. The van der Waals surface area contributed by atoms with Crippen LogP contribution in [0.5, 0.6) is 0 Å². The summed E-state index contributed by atoms with van der Waals surface area (Å²) in [7, 11) is 0. The minimum Gasteiger partial charge on any atom is -0.459 e. The molecule has 0 N–H and O–H groups in total. The Hall–Kier alpha value is -4.28. The number of hydrogen-bond acceptors (Lipinski definition) is 9. The van der Waals surface area contributed by atoms with Gasteiger partial charge in [-0.25, -0.2) is 19.2 Å². The molecule has 4 rings (SSSR count). The highest BCUT2D eigenvalue weighted by Gasteiger charge is 2.54. The predicted molar refractivity (Wildman–Crippen MR) is 146 cm³/mol. The van der Waals surface area contributed by atoms with Crippen molar-refractivity contribution in [3.63, 3.8) is 0 Å². The van der Waals surface area contributed by atoms with Crippen LogP contribution < -0.4 is 0 Å². The molecule has 1 aliphatic rings. The van der Waals surface area contributed by atoms with E-state index in [2.05, 4.69) is 22.5 Å². The van der Waals surface area contributed by atoms with E-state index in [4.69, 9.17) is 23.7 Å². The van der Waals surface area contributed by atoms with Gasteiger partial charge in [0.1, 0.15) is 6.61 Å². The van der Waals surface area contributed by atoms with Gasteiger partial charge in [-0.3, -0.25) is 0 Å². The number of benzene rings is 3. The maximum atomic E-state index is 13.2. The first-order valence-corrected chi connectivity index (χ1v) is 13.2. The fourth-order valence-electron chi connectivity index (χ4n) is 3.90. The van der Waals surface area contributed by atoms with Crippen LogP contribution >= 0.6 is 15.9 Å². The average molecular weight is 609 g/mol. The lowest BCUT2D eigenvalue weighted by Crippen LogP contribution is -2.62. The summed E-state index contributed by atoms with van der Waals surface area (Å²) in [6.45, 7) is 3.37. The summed E-state index contributed by atoms with van der Waals surface area (Å²) in [5.74, 6) is -3.27. The molecule has 0 aliphatic carbocycles. The van der Waals surface area contributed by atoms with E-state index >= 15 is 0 Å². The van der Waals surface area contributed by atoms with Gasteiger partial charge in [0.05, 0.1) is 16.7 Å². The molecule has 5 atom stereocenters. The highest BCUT2D eigenvalue weighted by molar-refractivity contribution is 9.09. The molecule has 1 aliphatic heterocycles. The summed E-state index contributed by atoms with van der Waals surface area (Å²) in [6.07, 6.45) is -4.56. The molecule has 40 heavy (non-hydrogen) atoms. The van der Waals surface area contributed by atoms with Crippen molar-refractivity contribution in [2.45, 2.75) is 29.4 Å². The largest absolute Gasteiger partial charge is 0.459 e. The molecule has 0 unspecified atom stereocenters. The zero-order valence-electron chi connectivity index (χ0n) is 21.1. The van der Waals surface area contributed by atoms with E-state index < -0.39 is 53.3 Å². The van der Waals surface area contributed by atoms with Crippen molar-refractivity contribution >= 4 is 39.8 Å². The number of halogens is 1. The zero-order chi connectivity index (χ0) is 28.5. The summed E-state index contributed by atoms with van der Waals surface area (Å²) >= 11 is 3.30. The van der Waals surface area contributed by atoms with Gasteiger partial charge in [0.15, 0.2) is 29.4 Å². The molecule has 0 radical (unpaired) electrons. The average Bonchev–Trinajstić information content (AvgIpc) is 2.99. The summed E-state index contributed by atoms with van der Waals surface area (Å²) in [5.41, 5.74) is 0.584. The molecule has 0 amide bonds. The Kier molecular flexibility index (Phi) is 9.82. The molecule has 0 saturated carbocycles. The lowest BCUT2D eigenvalue weighted by atomic mass is 9.98. The van der Waals surface area contributed by atoms with Gasteiger partial charge in [0.25, 0.3) is 0 Å². The van der Waals surface area contributed by atoms with Gasteiger partial charge in [-0.15, -0.1) is 0 Å². The normalized spacial score (nSPS) is 21.9. The minimum absolute atomic E-state index is 0.147. The van der Waals surface area contributed by atoms with Crippen molar-refractivity contribution < 1.29 is 42.9 Å².